The molecule has 1 radical (unpaired) electrons. The Kier molecular flexibility index (Phi) is 6.90. The Balaban J connectivity index is 0.00000325. The molecule has 0 fully saturated rings. The third-order valence-electron chi connectivity index (χ3n) is 9.16. The molecule has 0 bridgehead atoms. The van der Waals surface area contributed by atoms with Crippen molar-refractivity contribution in [1.29, 1.82) is 0 Å². The largest absolute Gasteiger partial charge is 0.304 e. The van der Waals surface area contributed by atoms with Gasteiger partial charge in [0.1, 0.15) is 5.82 Å². The van der Waals surface area contributed by atoms with E-state index in [1.54, 1.807) is 0 Å². The molecule has 0 spiro atoms. The summed E-state index contributed by atoms with van der Waals surface area (Å²) in [6.07, 6.45) is 1.85. The van der Waals surface area contributed by atoms with Gasteiger partial charge in [-0.15, -0.1) is 29.8 Å². The third kappa shape index (κ3) is 4.59. The summed E-state index contributed by atoms with van der Waals surface area (Å²) in [5.41, 5.74) is 6.73. The van der Waals surface area contributed by atoms with Crippen LogP contribution in [0.1, 0.15) is 0 Å². The van der Waals surface area contributed by atoms with Crippen molar-refractivity contribution in [1.82, 2.24) is 29.1 Å². The number of benzene rings is 6. The van der Waals surface area contributed by atoms with Gasteiger partial charge >= 0.3 is 0 Å². The summed E-state index contributed by atoms with van der Waals surface area (Å²) in [6.45, 7) is 0. The Bertz CT molecular complexity index is 2630. The monoisotopic (exact) mass is 806 g/mol. The normalized spacial score (nSPS) is 11.5. The van der Waals surface area contributed by atoms with E-state index in [0.717, 1.165) is 71.2 Å². The number of rotatable bonds is 4. The predicted molar refractivity (Wildman–Crippen MR) is 194 cm³/mol. The second-order valence-corrected chi connectivity index (χ2v) is 11.9. The Morgan fingerprint density at radius 1 is 0.469 bits per heavy atom. The minimum absolute atomic E-state index is 0. The molecule has 49 heavy (non-hydrogen) atoms. The minimum atomic E-state index is 0. The molecular formula is C42H25IrN6-. The zero-order chi connectivity index (χ0) is 31.6. The summed E-state index contributed by atoms with van der Waals surface area (Å²) < 4.78 is 4.30. The number of pyridine rings is 1. The molecule has 0 N–H and O–H groups in total. The summed E-state index contributed by atoms with van der Waals surface area (Å²) in [4.78, 5) is 20.4. The first-order valence-electron chi connectivity index (χ1n) is 15.9. The van der Waals surface area contributed by atoms with Gasteiger partial charge in [-0.3, -0.25) is 9.13 Å². The van der Waals surface area contributed by atoms with Crippen LogP contribution in [0, 0.1) is 6.07 Å². The molecule has 6 nitrogen and oxygen atoms in total. The van der Waals surface area contributed by atoms with E-state index < -0.39 is 0 Å². The molecule has 0 aliphatic rings. The van der Waals surface area contributed by atoms with Crippen LogP contribution in [0.4, 0.5) is 0 Å². The predicted octanol–water partition coefficient (Wildman–Crippen LogP) is 9.75. The summed E-state index contributed by atoms with van der Waals surface area (Å²) in [5.74, 6) is 1.66. The number of aromatic nitrogens is 6. The van der Waals surface area contributed by atoms with Crippen molar-refractivity contribution < 1.29 is 20.1 Å². The van der Waals surface area contributed by atoms with E-state index in [0.29, 0.717) is 17.7 Å². The number of fused-ring (bicyclic) bond motifs is 7. The van der Waals surface area contributed by atoms with E-state index in [4.69, 9.17) is 19.9 Å². The molecule has 6 aromatic carbocycles. The molecule has 0 atom stereocenters. The quantitative estimate of drug-likeness (QED) is 0.166. The Morgan fingerprint density at radius 3 is 1.47 bits per heavy atom. The van der Waals surface area contributed by atoms with Gasteiger partial charge in [0.05, 0.1) is 22.1 Å². The van der Waals surface area contributed by atoms with E-state index in [2.05, 4.69) is 130 Å². The Hall–Kier alpha value is -6.01. The van der Waals surface area contributed by atoms with Crippen LogP contribution in [-0.4, -0.2) is 29.1 Å². The van der Waals surface area contributed by atoms with Gasteiger partial charge in [-0.2, -0.15) is 15.0 Å². The van der Waals surface area contributed by atoms with Crippen molar-refractivity contribution in [2.24, 2.45) is 0 Å². The first-order valence-corrected chi connectivity index (χ1v) is 15.9. The number of hydrogen-bond acceptors (Lipinski definition) is 4. The second kappa shape index (κ2) is 11.6. The van der Waals surface area contributed by atoms with Crippen molar-refractivity contribution in [3.63, 3.8) is 0 Å². The zero-order valence-electron chi connectivity index (χ0n) is 26.0. The van der Waals surface area contributed by atoms with E-state index in [1.807, 2.05) is 36.5 Å². The van der Waals surface area contributed by atoms with Crippen LogP contribution in [0.2, 0.25) is 0 Å². The standard InChI is InChI=1S/C42H25N6.Ir/c1-2-15-30-27(12-1)24-25-43-39(30)28-13-11-14-29(26-28)40-44-41(47-35-20-7-3-16-31(35)32-17-4-8-21-36(32)47)46-42(45-40)48-37-22-9-5-18-33(37)34-19-6-10-23-38(34)48;/h1-12,14-26H;/q-1;. The van der Waals surface area contributed by atoms with Gasteiger partial charge in [-0.25, -0.2) is 0 Å². The molecule has 4 aromatic heterocycles. The molecule has 10 rings (SSSR count). The molecule has 233 valence electrons. The fourth-order valence-corrected chi connectivity index (χ4v) is 7.04. The van der Waals surface area contributed by atoms with E-state index in [-0.39, 0.29) is 20.1 Å². The maximum atomic E-state index is 5.25. The smallest absolute Gasteiger partial charge is 0.240 e. The number of para-hydroxylation sites is 4. The maximum absolute atomic E-state index is 5.25. The maximum Gasteiger partial charge on any atom is 0.240 e. The van der Waals surface area contributed by atoms with Crippen LogP contribution in [-0.2, 0) is 20.1 Å². The van der Waals surface area contributed by atoms with Crippen molar-refractivity contribution >= 4 is 54.4 Å². The summed E-state index contributed by atoms with van der Waals surface area (Å²) >= 11 is 0. The average molecular weight is 806 g/mol. The van der Waals surface area contributed by atoms with E-state index in [9.17, 15) is 0 Å². The van der Waals surface area contributed by atoms with Crippen molar-refractivity contribution in [3.05, 3.63) is 158 Å². The van der Waals surface area contributed by atoms with Crippen molar-refractivity contribution in [2.45, 2.75) is 0 Å². The molecule has 0 unspecified atom stereocenters. The van der Waals surface area contributed by atoms with Gasteiger partial charge in [-0.05, 0) is 46.8 Å². The first kappa shape index (κ1) is 29.2. The van der Waals surface area contributed by atoms with Crippen molar-refractivity contribution in [3.8, 4) is 34.5 Å². The second-order valence-electron chi connectivity index (χ2n) is 11.9. The molecule has 0 aliphatic carbocycles. The van der Waals surface area contributed by atoms with Crippen LogP contribution < -0.4 is 0 Å². The van der Waals surface area contributed by atoms with Gasteiger partial charge in [0.25, 0.3) is 0 Å². The minimum Gasteiger partial charge on any atom is -0.304 e. The van der Waals surface area contributed by atoms with Gasteiger partial charge in [0.2, 0.25) is 11.9 Å². The molecular weight excluding hydrogens is 781 g/mol. The van der Waals surface area contributed by atoms with Crippen LogP contribution in [0.3, 0.4) is 0 Å². The molecule has 0 aliphatic heterocycles. The van der Waals surface area contributed by atoms with Crippen LogP contribution in [0.25, 0.3) is 88.9 Å². The summed E-state index contributed by atoms with van der Waals surface area (Å²) in [7, 11) is 0. The van der Waals surface area contributed by atoms with E-state index >= 15 is 0 Å². The van der Waals surface area contributed by atoms with Gasteiger partial charge < -0.3 is 4.98 Å². The SMILES string of the molecule is [Ir].[c-]1ccc(-c2nc(-n3c4ccccc4c4ccccc43)nc(-n3c4ccccc4c4ccccc43)n2)cc1-c1nccc2ccccc12. The van der Waals surface area contributed by atoms with Gasteiger partial charge in [0.15, 0.2) is 0 Å². The summed E-state index contributed by atoms with van der Waals surface area (Å²) in [5, 5.41) is 6.78. The topological polar surface area (TPSA) is 61.4 Å². The number of nitrogens with zero attached hydrogens (tertiary/aromatic N) is 6. The third-order valence-corrected chi connectivity index (χ3v) is 9.16. The fourth-order valence-electron chi connectivity index (χ4n) is 7.04. The Morgan fingerprint density at radius 2 is 0.939 bits per heavy atom. The summed E-state index contributed by atoms with van der Waals surface area (Å²) in [6, 6.07) is 53.4. The zero-order valence-corrected chi connectivity index (χ0v) is 28.3. The van der Waals surface area contributed by atoms with Gasteiger partial charge in [0, 0.05) is 47.8 Å². The molecule has 0 saturated carbocycles. The fraction of sp³-hybridized carbons (Fsp3) is 0. The van der Waals surface area contributed by atoms with Crippen molar-refractivity contribution in [2.75, 3.05) is 0 Å². The molecule has 4 heterocycles. The molecule has 0 amide bonds. The average Bonchev–Trinajstić information content (AvgIpc) is 3.68. The Labute approximate surface area is 294 Å². The van der Waals surface area contributed by atoms with E-state index in [1.165, 1.54) is 0 Å². The molecule has 10 aromatic rings. The molecule has 7 heteroatoms. The molecule has 0 saturated heterocycles. The van der Waals surface area contributed by atoms with Gasteiger partial charge in [-0.1, -0.05) is 103 Å². The van der Waals surface area contributed by atoms with Crippen LogP contribution >= 0.6 is 0 Å². The van der Waals surface area contributed by atoms with Crippen LogP contribution in [0.5, 0.6) is 0 Å². The van der Waals surface area contributed by atoms with Crippen LogP contribution in [0.15, 0.2) is 152 Å². The number of hydrogen-bond donors (Lipinski definition) is 0. The first-order chi connectivity index (χ1) is 23.8.